The van der Waals surface area contributed by atoms with Gasteiger partial charge < -0.3 is 4.74 Å². The van der Waals surface area contributed by atoms with Crippen molar-refractivity contribution in [1.29, 1.82) is 0 Å². The maximum atomic E-state index is 5.17. The monoisotopic (exact) mass is 202 g/mol. The molecule has 0 aliphatic rings. The van der Waals surface area contributed by atoms with E-state index in [0.717, 1.165) is 6.61 Å². The third-order valence-electron chi connectivity index (χ3n) is 2.02. The Morgan fingerprint density at radius 1 is 1.46 bits per heavy atom. The molecular weight excluding hydrogens is 179 g/mol. The third-order valence-corrected chi connectivity index (χ3v) is 2.43. The van der Waals surface area contributed by atoms with Crippen LogP contribution in [0.5, 0.6) is 0 Å². The third kappa shape index (κ3) is 8.46. The van der Waals surface area contributed by atoms with Crippen molar-refractivity contribution in [1.82, 2.24) is 0 Å². The smallest absolute Gasteiger partial charge is 0.0525 e. The van der Waals surface area contributed by atoms with Crippen LogP contribution in [0.15, 0.2) is 12.2 Å². The van der Waals surface area contributed by atoms with E-state index >= 15 is 0 Å². The average molecular weight is 202 g/mol. The van der Waals surface area contributed by atoms with Gasteiger partial charge in [-0.15, -0.1) is 9.24 Å². The van der Waals surface area contributed by atoms with Crippen LogP contribution in [0.2, 0.25) is 0 Å². The van der Waals surface area contributed by atoms with Crippen LogP contribution in [0.1, 0.15) is 32.6 Å². The molecule has 78 valence electrons. The highest BCUT2D eigenvalue weighted by Crippen LogP contribution is 2.10. The van der Waals surface area contributed by atoms with E-state index in [9.17, 15) is 0 Å². The fourth-order valence-corrected chi connectivity index (χ4v) is 1.52. The molecule has 0 aliphatic carbocycles. The minimum atomic E-state index is 0.622. The first-order chi connectivity index (χ1) is 6.35. The predicted octanol–water partition coefficient (Wildman–Crippen LogP) is 3.26. The van der Waals surface area contributed by atoms with E-state index < -0.39 is 0 Å². The second-order valence-corrected chi connectivity index (χ2v) is 3.94. The van der Waals surface area contributed by atoms with Crippen LogP contribution in [-0.4, -0.2) is 19.9 Å². The van der Waals surface area contributed by atoms with Gasteiger partial charge in [0.2, 0.25) is 0 Å². The molecule has 0 aromatic heterocycles. The number of hydrogen-bond acceptors (Lipinski definition) is 1. The van der Waals surface area contributed by atoms with Crippen molar-refractivity contribution in [2.75, 3.05) is 19.9 Å². The standard InChI is InChI=1S/C11H23OP/c1-3-4-5-7-11(10-12-2)8-6-9-13/h5,7,11H,3-4,6,8-10,13H2,1-2H3. The fraction of sp³-hybridized carbons (Fsp3) is 0.818. The molecule has 0 aromatic rings. The summed E-state index contributed by atoms with van der Waals surface area (Å²) in [6.45, 7) is 3.07. The van der Waals surface area contributed by atoms with E-state index in [1.807, 2.05) is 0 Å². The van der Waals surface area contributed by atoms with Crippen molar-refractivity contribution in [2.24, 2.45) is 5.92 Å². The van der Waals surface area contributed by atoms with E-state index in [1.54, 1.807) is 7.11 Å². The summed E-state index contributed by atoms with van der Waals surface area (Å²) in [5.74, 6) is 0.622. The fourth-order valence-electron chi connectivity index (χ4n) is 1.28. The lowest BCUT2D eigenvalue weighted by Gasteiger charge is -2.10. The van der Waals surface area contributed by atoms with Crippen LogP contribution in [-0.2, 0) is 4.74 Å². The van der Waals surface area contributed by atoms with Crippen LogP contribution in [0.25, 0.3) is 0 Å². The molecule has 0 aromatic carbocycles. The molecule has 0 saturated heterocycles. The number of rotatable bonds is 8. The van der Waals surface area contributed by atoms with Gasteiger partial charge in [-0.2, -0.15) is 0 Å². The van der Waals surface area contributed by atoms with Crippen molar-refractivity contribution >= 4 is 9.24 Å². The molecule has 0 bridgehead atoms. The Kier molecular flexibility index (Phi) is 10.3. The molecular formula is C11H23OP. The summed E-state index contributed by atoms with van der Waals surface area (Å²) >= 11 is 0. The lowest BCUT2D eigenvalue weighted by molar-refractivity contribution is 0.166. The molecule has 0 aliphatic heterocycles. The van der Waals surface area contributed by atoms with Gasteiger partial charge in [0.05, 0.1) is 6.61 Å². The summed E-state index contributed by atoms with van der Waals surface area (Å²) in [7, 11) is 4.55. The van der Waals surface area contributed by atoms with Gasteiger partial charge in [-0.05, 0) is 25.4 Å². The Labute approximate surface area is 85.1 Å². The second-order valence-electron chi connectivity index (χ2n) is 3.36. The SMILES string of the molecule is CCCC=CC(CCCP)COC. The molecule has 2 atom stereocenters. The lowest BCUT2D eigenvalue weighted by atomic mass is 10.0. The van der Waals surface area contributed by atoms with Crippen LogP contribution < -0.4 is 0 Å². The first kappa shape index (κ1) is 13.1. The van der Waals surface area contributed by atoms with Gasteiger partial charge in [-0.1, -0.05) is 25.5 Å². The van der Waals surface area contributed by atoms with Gasteiger partial charge in [0.25, 0.3) is 0 Å². The predicted molar refractivity (Wildman–Crippen MR) is 63.2 cm³/mol. The average Bonchev–Trinajstić information content (AvgIpc) is 2.14. The maximum Gasteiger partial charge on any atom is 0.0525 e. The topological polar surface area (TPSA) is 9.23 Å². The molecule has 0 saturated carbocycles. The van der Waals surface area contributed by atoms with Crippen molar-refractivity contribution < 1.29 is 4.74 Å². The van der Waals surface area contributed by atoms with E-state index in [2.05, 4.69) is 28.3 Å². The van der Waals surface area contributed by atoms with Crippen molar-refractivity contribution in [3.05, 3.63) is 12.2 Å². The largest absolute Gasteiger partial charge is 0.384 e. The molecule has 0 N–H and O–H groups in total. The minimum absolute atomic E-state index is 0.622. The maximum absolute atomic E-state index is 5.17. The van der Waals surface area contributed by atoms with E-state index in [4.69, 9.17) is 4.74 Å². The van der Waals surface area contributed by atoms with Crippen molar-refractivity contribution in [3.8, 4) is 0 Å². The first-order valence-electron chi connectivity index (χ1n) is 5.20. The van der Waals surface area contributed by atoms with Crippen LogP contribution in [0.4, 0.5) is 0 Å². The molecule has 0 radical (unpaired) electrons. The Morgan fingerprint density at radius 2 is 2.23 bits per heavy atom. The van der Waals surface area contributed by atoms with Crippen molar-refractivity contribution in [2.45, 2.75) is 32.6 Å². The number of methoxy groups -OCH3 is 1. The molecule has 2 unspecified atom stereocenters. The number of hydrogen-bond donors (Lipinski definition) is 0. The summed E-state index contributed by atoms with van der Waals surface area (Å²) in [5.41, 5.74) is 0. The zero-order valence-corrected chi connectivity index (χ0v) is 10.1. The van der Waals surface area contributed by atoms with Gasteiger partial charge in [0.1, 0.15) is 0 Å². The van der Waals surface area contributed by atoms with Gasteiger partial charge in [0, 0.05) is 13.0 Å². The first-order valence-corrected chi connectivity index (χ1v) is 6.02. The lowest BCUT2D eigenvalue weighted by Crippen LogP contribution is -2.05. The normalized spacial score (nSPS) is 13.8. The molecule has 13 heavy (non-hydrogen) atoms. The molecule has 0 heterocycles. The van der Waals surface area contributed by atoms with E-state index in [-0.39, 0.29) is 0 Å². The summed E-state index contributed by atoms with van der Waals surface area (Å²) < 4.78 is 5.17. The Balaban J connectivity index is 3.64. The summed E-state index contributed by atoms with van der Waals surface area (Å²) in [6.07, 6.45) is 10.7. The van der Waals surface area contributed by atoms with Crippen LogP contribution in [0, 0.1) is 5.92 Å². The second kappa shape index (κ2) is 10.2. The summed E-state index contributed by atoms with van der Waals surface area (Å²) in [5, 5.41) is 0. The molecule has 1 nitrogen and oxygen atoms in total. The number of ether oxygens (including phenoxy) is 1. The highest BCUT2D eigenvalue weighted by molar-refractivity contribution is 7.16. The van der Waals surface area contributed by atoms with Crippen LogP contribution in [0.3, 0.4) is 0 Å². The molecule has 2 heteroatoms. The molecule has 0 fully saturated rings. The Hall–Kier alpha value is 0.130. The zero-order valence-electron chi connectivity index (χ0n) is 8.96. The number of allylic oxidation sites excluding steroid dienone is 1. The summed E-state index contributed by atoms with van der Waals surface area (Å²) in [4.78, 5) is 0. The van der Waals surface area contributed by atoms with Gasteiger partial charge in [0.15, 0.2) is 0 Å². The van der Waals surface area contributed by atoms with Crippen LogP contribution >= 0.6 is 9.24 Å². The molecule has 0 amide bonds. The highest BCUT2D eigenvalue weighted by Gasteiger charge is 2.02. The Morgan fingerprint density at radius 3 is 2.77 bits per heavy atom. The Bertz CT molecular complexity index is 123. The molecule has 0 spiro atoms. The summed E-state index contributed by atoms with van der Waals surface area (Å²) in [6, 6.07) is 0. The van der Waals surface area contributed by atoms with E-state index in [0.29, 0.717) is 5.92 Å². The van der Waals surface area contributed by atoms with Crippen molar-refractivity contribution in [3.63, 3.8) is 0 Å². The minimum Gasteiger partial charge on any atom is -0.384 e. The zero-order chi connectivity index (χ0) is 9.94. The van der Waals surface area contributed by atoms with Gasteiger partial charge in [-0.25, -0.2) is 0 Å². The highest BCUT2D eigenvalue weighted by atomic mass is 31.0. The van der Waals surface area contributed by atoms with Gasteiger partial charge in [-0.3, -0.25) is 0 Å². The number of unbranched alkanes of at least 4 members (excludes halogenated alkanes) is 1. The molecule has 0 rings (SSSR count). The van der Waals surface area contributed by atoms with Gasteiger partial charge >= 0.3 is 0 Å². The van der Waals surface area contributed by atoms with E-state index in [1.165, 1.54) is 31.8 Å². The quantitative estimate of drug-likeness (QED) is 0.433.